The Balaban J connectivity index is 1.96. The third-order valence-electron chi connectivity index (χ3n) is 4.13. The topological polar surface area (TPSA) is 83.1 Å². The summed E-state index contributed by atoms with van der Waals surface area (Å²) in [7, 11) is 0.355. The highest BCUT2D eigenvalue weighted by Gasteiger charge is 2.22. The molecular weight excluding hydrogens is 430 g/mol. The van der Waals surface area contributed by atoms with E-state index in [1.54, 1.807) is 49.6 Å². The van der Waals surface area contributed by atoms with Gasteiger partial charge in [-0.3, -0.25) is 4.72 Å². The van der Waals surface area contributed by atoms with Crippen LogP contribution in [0.1, 0.15) is 0 Å². The molecule has 0 heterocycles. The summed E-state index contributed by atoms with van der Waals surface area (Å²) < 4.78 is 50.0. The van der Waals surface area contributed by atoms with E-state index >= 15 is 0 Å². The van der Waals surface area contributed by atoms with E-state index in [1.165, 1.54) is 32.4 Å². The number of hydrogen-bond donors (Lipinski definition) is 1. The van der Waals surface area contributed by atoms with Crippen LogP contribution in [-0.2, 0) is 10.0 Å². The molecule has 30 heavy (non-hydrogen) atoms. The summed E-state index contributed by atoms with van der Waals surface area (Å²) in [6, 6.07) is 16.0. The first-order chi connectivity index (χ1) is 14.4. The van der Waals surface area contributed by atoms with Crippen LogP contribution in [0.15, 0.2) is 65.6 Å². The number of halogens is 1. The molecule has 0 spiro atoms. The summed E-state index contributed by atoms with van der Waals surface area (Å²) in [4.78, 5) is -0.0836. The summed E-state index contributed by atoms with van der Waals surface area (Å²) in [5.41, 5.74) is 0.170. The molecular formula is C21H20ClNO6S. The van der Waals surface area contributed by atoms with Crippen molar-refractivity contribution in [1.29, 1.82) is 0 Å². The maximum atomic E-state index is 13.1. The Bertz CT molecular complexity index is 1130. The molecule has 0 aliphatic rings. The minimum atomic E-state index is -4.04. The second-order valence-electron chi connectivity index (χ2n) is 6.04. The smallest absolute Gasteiger partial charge is 0.265 e. The van der Waals surface area contributed by atoms with Gasteiger partial charge in [0.05, 0.1) is 27.0 Å². The van der Waals surface area contributed by atoms with Crippen LogP contribution in [0.3, 0.4) is 0 Å². The molecule has 9 heteroatoms. The van der Waals surface area contributed by atoms with Crippen LogP contribution in [0, 0.1) is 0 Å². The predicted octanol–water partition coefficient (Wildman–Crippen LogP) is 4.96. The van der Waals surface area contributed by atoms with Gasteiger partial charge in [0.1, 0.15) is 27.9 Å². The van der Waals surface area contributed by atoms with Crippen molar-refractivity contribution in [3.8, 4) is 28.7 Å². The molecule has 3 aromatic carbocycles. The zero-order chi connectivity index (χ0) is 21.7. The number of sulfonamides is 1. The minimum absolute atomic E-state index is 0.0836. The molecule has 158 valence electrons. The summed E-state index contributed by atoms with van der Waals surface area (Å²) in [5, 5.41) is 0.340. The highest BCUT2D eigenvalue weighted by atomic mass is 35.5. The zero-order valence-electron chi connectivity index (χ0n) is 16.5. The lowest BCUT2D eigenvalue weighted by Crippen LogP contribution is -2.15. The third-order valence-corrected chi connectivity index (χ3v) is 5.76. The standard InChI is InChI=1S/C21H20ClNO6S/c1-26-15-5-7-16(8-6-15)29-19-10-4-14(22)12-18(19)23-30(24,25)21-13-17(27-2)9-11-20(21)28-3/h4-13,23H,1-3H3. The van der Waals surface area contributed by atoms with Gasteiger partial charge in [0, 0.05) is 11.1 Å². The van der Waals surface area contributed by atoms with Gasteiger partial charge < -0.3 is 18.9 Å². The number of nitrogens with one attached hydrogen (secondary N) is 1. The number of ether oxygens (including phenoxy) is 4. The average molecular weight is 450 g/mol. The lowest BCUT2D eigenvalue weighted by Gasteiger charge is -2.16. The molecule has 0 fully saturated rings. The van der Waals surface area contributed by atoms with Gasteiger partial charge in [0.2, 0.25) is 0 Å². The van der Waals surface area contributed by atoms with Crippen molar-refractivity contribution in [2.75, 3.05) is 26.1 Å². The lowest BCUT2D eigenvalue weighted by atomic mass is 10.3. The fourth-order valence-corrected chi connectivity index (χ4v) is 4.05. The van der Waals surface area contributed by atoms with Crippen molar-refractivity contribution in [1.82, 2.24) is 0 Å². The quantitative estimate of drug-likeness (QED) is 0.523. The Kier molecular flexibility index (Phi) is 6.59. The maximum Gasteiger partial charge on any atom is 0.265 e. The first kappa shape index (κ1) is 21.6. The summed E-state index contributed by atoms with van der Waals surface area (Å²) in [6.07, 6.45) is 0. The highest BCUT2D eigenvalue weighted by Crippen LogP contribution is 2.36. The fourth-order valence-electron chi connectivity index (χ4n) is 2.64. The van der Waals surface area contributed by atoms with Crippen molar-refractivity contribution >= 4 is 27.3 Å². The molecule has 0 saturated heterocycles. The van der Waals surface area contributed by atoms with E-state index < -0.39 is 10.0 Å². The predicted molar refractivity (Wildman–Crippen MR) is 115 cm³/mol. The summed E-state index contributed by atoms with van der Waals surface area (Å²) >= 11 is 6.09. The Morgan fingerprint density at radius 2 is 1.33 bits per heavy atom. The van der Waals surface area contributed by atoms with Gasteiger partial charge in [-0.1, -0.05) is 11.6 Å². The van der Waals surface area contributed by atoms with Crippen molar-refractivity contribution < 1.29 is 27.4 Å². The number of anilines is 1. The molecule has 7 nitrogen and oxygen atoms in total. The van der Waals surface area contributed by atoms with E-state index in [2.05, 4.69) is 4.72 Å². The van der Waals surface area contributed by atoms with E-state index in [4.69, 9.17) is 30.5 Å². The van der Waals surface area contributed by atoms with Crippen LogP contribution in [0.5, 0.6) is 28.7 Å². The van der Waals surface area contributed by atoms with Crippen LogP contribution in [0.2, 0.25) is 5.02 Å². The first-order valence-corrected chi connectivity index (χ1v) is 10.6. The van der Waals surface area contributed by atoms with E-state index in [1.807, 2.05) is 0 Å². The van der Waals surface area contributed by atoms with Crippen molar-refractivity contribution in [3.63, 3.8) is 0 Å². The van der Waals surface area contributed by atoms with Gasteiger partial charge in [-0.25, -0.2) is 8.42 Å². The highest BCUT2D eigenvalue weighted by molar-refractivity contribution is 7.92. The van der Waals surface area contributed by atoms with Crippen LogP contribution >= 0.6 is 11.6 Å². The SMILES string of the molecule is COc1ccc(Oc2ccc(Cl)cc2NS(=O)(=O)c2cc(OC)ccc2OC)cc1. The maximum absolute atomic E-state index is 13.1. The van der Waals surface area contributed by atoms with Crippen LogP contribution in [0.25, 0.3) is 0 Å². The van der Waals surface area contributed by atoms with E-state index in [-0.39, 0.29) is 22.1 Å². The molecule has 0 amide bonds. The Morgan fingerprint density at radius 3 is 1.97 bits per heavy atom. The zero-order valence-corrected chi connectivity index (χ0v) is 18.1. The van der Waals surface area contributed by atoms with Crippen LogP contribution < -0.4 is 23.7 Å². The van der Waals surface area contributed by atoms with E-state index in [0.29, 0.717) is 22.3 Å². The van der Waals surface area contributed by atoms with Crippen molar-refractivity contribution in [2.24, 2.45) is 0 Å². The second kappa shape index (κ2) is 9.15. The first-order valence-electron chi connectivity index (χ1n) is 8.72. The second-order valence-corrected chi connectivity index (χ2v) is 8.13. The molecule has 0 aliphatic heterocycles. The largest absolute Gasteiger partial charge is 0.497 e. The van der Waals surface area contributed by atoms with E-state index in [9.17, 15) is 8.42 Å². The lowest BCUT2D eigenvalue weighted by molar-refractivity contribution is 0.392. The molecule has 0 saturated carbocycles. The number of benzene rings is 3. The summed E-state index contributed by atoms with van der Waals surface area (Å²) in [5.74, 6) is 1.98. The van der Waals surface area contributed by atoms with Gasteiger partial charge in [0.25, 0.3) is 10.0 Å². The van der Waals surface area contributed by atoms with Gasteiger partial charge >= 0.3 is 0 Å². The molecule has 0 unspecified atom stereocenters. The fraction of sp³-hybridized carbons (Fsp3) is 0.143. The molecule has 0 radical (unpaired) electrons. The van der Waals surface area contributed by atoms with Gasteiger partial charge in [-0.2, -0.15) is 0 Å². The average Bonchev–Trinajstić information content (AvgIpc) is 2.75. The molecule has 1 N–H and O–H groups in total. The number of hydrogen-bond acceptors (Lipinski definition) is 6. The normalized spacial score (nSPS) is 10.9. The van der Waals surface area contributed by atoms with Crippen LogP contribution in [0.4, 0.5) is 5.69 Å². The van der Waals surface area contributed by atoms with Gasteiger partial charge in [0.15, 0.2) is 5.75 Å². The molecule has 0 bridgehead atoms. The molecule has 0 aliphatic carbocycles. The molecule has 3 aromatic rings. The number of rotatable bonds is 8. The number of methoxy groups -OCH3 is 3. The Labute approximate surface area is 180 Å². The van der Waals surface area contributed by atoms with E-state index in [0.717, 1.165) is 0 Å². The minimum Gasteiger partial charge on any atom is -0.497 e. The Hall–Kier alpha value is -3.10. The molecule has 0 atom stereocenters. The van der Waals surface area contributed by atoms with Crippen LogP contribution in [-0.4, -0.2) is 29.7 Å². The van der Waals surface area contributed by atoms with Gasteiger partial charge in [-0.15, -0.1) is 0 Å². The molecule has 0 aromatic heterocycles. The third kappa shape index (κ3) is 4.90. The van der Waals surface area contributed by atoms with Crippen molar-refractivity contribution in [3.05, 3.63) is 65.7 Å². The van der Waals surface area contributed by atoms with Crippen molar-refractivity contribution in [2.45, 2.75) is 4.90 Å². The van der Waals surface area contributed by atoms with Gasteiger partial charge in [-0.05, 0) is 54.6 Å². The summed E-state index contributed by atoms with van der Waals surface area (Å²) in [6.45, 7) is 0. The monoisotopic (exact) mass is 449 g/mol. The molecule has 3 rings (SSSR count). The Morgan fingerprint density at radius 1 is 0.733 bits per heavy atom.